The van der Waals surface area contributed by atoms with Crippen molar-refractivity contribution in [3.63, 3.8) is 0 Å². The van der Waals surface area contributed by atoms with E-state index >= 15 is 0 Å². The summed E-state index contributed by atoms with van der Waals surface area (Å²) < 4.78 is 5.15. The van der Waals surface area contributed by atoms with Crippen LogP contribution in [0, 0.1) is 6.92 Å². The summed E-state index contributed by atoms with van der Waals surface area (Å²) in [5, 5.41) is 3.00. The molecule has 1 heterocycles. The van der Waals surface area contributed by atoms with Gasteiger partial charge in [0.05, 0.1) is 11.6 Å². The third kappa shape index (κ3) is 2.40. The van der Waals surface area contributed by atoms with Crippen molar-refractivity contribution in [1.29, 1.82) is 0 Å². The van der Waals surface area contributed by atoms with Gasteiger partial charge >= 0.3 is 0 Å². The lowest BCUT2D eigenvalue weighted by Gasteiger charge is -2.27. The predicted octanol–water partition coefficient (Wildman–Crippen LogP) is 2.87. The zero-order valence-electron chi connectivity index (χ0n) is 9.33. The van der Waals surface area contributed by atoms with Crippen molar-refractivity contribution in [2.75, 3.05) is 0 Å². The van der Waals surface area contributed by atoms with E-state index in [4.69, 9.17) is 16.0 Å². The maximum atomic E-state index is 11.9. The van der Waals surface area contributed by atoms with Crippen molar-refractivity contribution >= 4 is 17.5 Å². The standard InChI is InChI=1S/C12H16ClNO2/c1-8-6-7-16-11(8)12(15)14-10-5-3-2-4-9(10)13/h6-7,9-10H,2-5H2,1H3,(H,14,15). The van der Waals surface area contributed by atoms with Gasteiger partial charge in [0.25, 0.3) is 5.91 Å². The largest absolute Gasteiger partial charge is 0.459 e. The summed E-state index contributed by atoms with van der Waals surface area (Å²) >= 11 is 6.18. The van der Waals surface area contributed by atoms with Gasteiger partial charge in [0, 0.05) is 11.6 Å². The van der Waals surface area contributed by atoms with E-state index in [0.29, 0.717) is 5.76 Å². The molecular formula is C12H16ClNO2. The Morgan fingerprint density at radius 2 is 2.25 bits per heavy atom. The van der Waals surface area contributed by atoms with Crippen LogP contribution in [-0.4, -0.2) is 17.3 Å². The number of hydrogen-bond acceptors (Lipinski definition) is 2. The first-order chi connectivity index (χ1) is 7.68. The number of alkyl halides is 1. The number of furan rings is 1. The Morgan fingerprint density at radius 3 is 2.88 bits per heavy atom. The maximum absolute atomic E-state index is 11.9. The topological polar surface area (TPSA) is 42.2 Å². The molecule has 0 aliphatic heterocycles. The Balaban J connectivity index is 1.99. The fraction of sp³-hybridized carbons (Fsp3) is 0.583. The van der Waals surface area contributed by atoms with E-state index in [1.54, 1.807) is 6.07 Å². The summed E-state index contributed by atoms with van der Waals surface area (Å²) in [4.78, 5) is 11.9. The first kappa shape index (κ1) is 11.5. The van der Waals surface area contributed by atoms with Gasteiger partial charge < -0.3 is 9.73 Å². The summed E-state index contributed by atoms with van der Waals surface area (Å²) in [7, 11) is 0. The Morgan fingerprint density at radius 1 is 1.50 bits per heavy atom. The van der Waals surface area contributed by atoms with Crippen LogP contribution in [0.15, 0.2) is 16.7 Å². The van der Waals surface area contributed by atoms with Crippen molar-refractivity contribution in [3.8, 4) is 0 Å². The van der Waals surface area contributed by atoms with E-state index in [-0.39, 0.29) is 17.3 Å². The molecule has 1 amide bonds. The van der Waals surface area contributed by atoms with E-state index in [0.717, 1.165) is 31.2 Å². The molecule has 3 nitrogen and oxygen atoms in total. The SMILES string of the molecule is Cc1ccoc1C(=O)NC1CCCCC1Cl. The monoisotopic (exact) mass is 241 g/mol. The van der Waals surface area contributed by atoms with Gasteiger partial charge in [0.15, 0.2) is 5.76 Å². The average molecular weight is 242 g/mol. The second-order valence-corrected chi connectivity index (χ2v) is 4.87. The molecule has 0 bridgehead atoms. The molecule has 1 saturated carbocycles. The molecule has 16 heavy (non-hydrogen) atoms. The molecule has 2 unspecified atom stereocenters. The Bertz CT molecular complexity index is 375. The minimum atomic E-state index is -0.153. The number of carbonyl (C=O) groups is 1. The number of rotatable bonds is 2. The number of aryl methyl sites for hydroxylation is 1. The second-order valence-electron chi connectivity index (χ2n) is 4.31. The number of amides is 1. The first-order valence-electron chi connectivity index (χ1n) is 5.67. The zero-order valence-corrected chi connectivity index (χ0v) is 10.1. The molecule has 1 aliphatic carbocycles. The number of halogens is 1. The molecule has 1 aromatic rings. The number of hydrogen-bond donors (Lipinski definition) is 1. The normalized spacial score (nSPS) is 25.4. The summed E-state index contributed by atoms with van der Waals surface area (Å²) in [6.45, 7) is 1.86. The third-order valence-corrected chi connectivity index (χ3v) is 3.59. The fourth-order valence-corrected chi connectivity index (χ4v) is 2.43. The van der Waals surface area contributed by atoms with Crippen molar-refractivity contribution in [3.05, 3.63) is 23.7 Å². The van der Waals surface area contributed by atoms with E-state index < -0.39 is 0 Å². The van der Waals surface area contributed by atoms with Crippen LogP contribution in [0.25, 0.3) is 0 Å². The van der Waals surface area contributed by atoms with E-state index in [1.165, 1.54) is 6.26 Å². The molecule has 1 aliphatic rings. The fourth-order valence-electron chi connectivity index (χ4n) is 2.09. The predicted molar refractivity (Wildman–Crippen MR) is 62.8 cm³/mol. The van der Waals surface area contributed by atoms with Crippen molar-refractivity contribution in [2.24, 2.45) is 0 Å². The average Bonchev–Trinajstić information content (AvgIpc) is 2.68. The highest BCUT2D eigenvalue weighted by Gasteiger charge is 2.26. The minimum absolute atomic E-state index is 0.0490. The highest BCUT2D eigenvalue weighted by Crippen LogP contribution is 2.23. The molecule has 2 rings (SSSR count). The Kier molecular flexibility index (Phi) is 3.54. The molecule has 1 fully saturated rings. The number of carbonyl (C=O) groups excluding carboxylic acids is 1. The first-order valence-corrected chi connectivity index (χ1v) is 6.11. The van der Waals surface area contributed by atoms with Gasteiger partial charge in [-0.15, -0.1) is 11.6 Å². The molecule has 1 aromatic heterocycles. The van der Waals surface area contributed by atoms with Crippen molar-refractivity contribution < 1.29 is 9.21 Å². The lowest BCUT2D eigenvalue weighted by Crippen LogP contribution is -2.42. The summed E-state index contributed by atoms with van der Waals surface area (Å²) in [5.41, 5.74) is 0.861. The van der Waals surface area contributed by atoms with E-state index in [9.17, 15) is 4.79 Å². The molecule has 0 saturated heterocycles. The minimum Gasteiger partial charge on any atom is -0.459 e. The van der Waals surface area contributed by atoms with Crippen LogP contribution in [0.5, 0.6) is 0 Å². The lowest BCUT2D eigenvalue weighted by molar-refractivity contribution is 0.0899. The highest BCUT2D eigenvalue weighted by atomic mass is 35.5. The Hall–Kier alpha value is -0.960. The van der Waals surface area contributed by atoms with Crippen molar-refractivity contribution in [1.82, 2.24) is 5.32 Å². The van der Waals surface area contributed by atoms with Gasteiger partial charge in [-0.05, 0) is 25.8 Å². The molecule has 4 heteroatoms. The second kappa shape index (κ2) is 4.91. The molecule has 0 aromatic carbocycles. The quantitative estimate of drug-likeness (QED) is 0.809. The lowest BCUT2D eigenvalue weighted by atomic mass is 9.95. The Labute approximate surface area is 100 Å². The van der Waals surface area contributed by atoms with Crippen LogP contribution in [0.4, 0.5) is 0 Å². The van der Waals surface area contributed by atoms with Crippen LogP contribution in [0.3, 0.4) is 0 Å². The van der Waals surface area contributed by atoms with Gasteiger partial charge in [-0.25, -0.2) is 0 Å². The van der Waals surface area contributed by atoms with E-state index in [2.05, 4.69) is 5.32 Å². The van der Waals surface area contributed by atoms with Crippen molar-refractivity contribution in [2.45, 2.75) is 44.0 Å². The maximum Gasteiger partial charge on any atom is 0.287 e. The summed E-state index contributed by atoms with van der Waals surface area (Å²) in [6.07, 6.45) is 5.75. The number of nitrogens with one attached hydrogen (secondary N) is 1. The van der Waals surface area contributed by atoms with Crippen LogP contribution in [-0.2, 0) is 0 Å². The molecule has 2 atom stereocenters. The summed E-state index contributed by atoms with van der Waals surface area (Å²) in [6, 6.07) is 1.86. The van der Waals surface area contributed by atoms with Gasteiger partial charge in [-0.2, -0.15) is 0 Å². The van der Waals surface area contributed by atoms with Crippen LogP contribution >= 0.6 is 11.6 Å². The molecule has 88 valence electrons. The van der Waals surface area contributed by atoms with Gasteiger partial charge in [0.1, 0.15) is 0 Å². The zero-order chi connectivity index (χ0) is 11.5. The molecule has 1 N–H and O–H groups in total. The molecule has 0 radical (unpaired) electrons. The van der Waals surface area contributed by atoms with Gasteiger partial charge in [-0.3, -0.25) is 4.79 Å². The van der Waals surface area contributed by atoms with Crippen LogP contribution in [0.1, 0.15) is 41.8 Å². The highest BCUT2D eigenvalue weighted by molar-refractivity contribution is 6.21. The van der Waals surface area contributed by atoms with Crippen LogP contribution in [0.2, 0.25) is 0 Å². The van der Waals surface area contributed by atoms with Crippen LogP contribution < -0.4 is 5.32 Å². The van der Waals surface area contributed by atoms with E-state index in [1.807, 2.05) is 6.92 Å². The smallest absolute Gasteiger partial charge is 0.287 e. The third-order valence-electron chi connectivity index (χ3n) is 3.07. The molecular weight excluding hydrogens is 226 g/mol. The molecule has 0 spiro atoms. The van der Waals surface area contributed by atoms with Gasteiger partial charge in [-0.1, -0.05) is 12.8 Å². The van der Waals surface area contributed by atoms with Gasteiger partial charge in [0.2, 0.25) is 0 Å². The summed E-state index contributed by atoms with van der Waals surface area (Å²) in [5.74, 6) is 0.245.